The first-order chi connectivity index (χ1) is 72.9. The molecule has 33 rings (SSSR count). The van der Waals surface area contributed by atoms with Crippen LogP contribution in [-0.4, -0.2) is 0 Å². The fraction of sp³-hybridized carbons (Fsp3) is 0.0204. The first kappa shape index (κ1) is 83.0. The summed E-state index contributed by atoms with van der Waals surface area (Å²) < 4.78 is 0. The Bertz CT molecular complexity index is 10800. The van der Waals surface area contributed by atoms with Gasteiger partial charge in [-0.15, -0.1) is 0 Å². The Morgan fingerprint density at radius 3 is 0.578 bits per heavy atom. The number of benzene rings is 27. The topological polar surface area (TPSA) is 0 Å². The third kappa shape index (κ3) is 12.0. The lowest BCUT2D eigenvalue weighted by molar-refractivity contribution is 0.869. The van der Waals surface area contributed by atoms with Crippen LogP contribution in [0.4, 0.5) is 0 Å². The Hall–Kier alpha value is -18.7. The summed E-state index contributed by atoms with van der Waals surface area (Å²) in [4.78, 5) is 0. The van der Waals surface area contributed by atoms with E-state index in [-0.39, 0.29) is 0 Å². The van der Waals surface area contributed by atoms with Gasteiger partial charge in [0.15, 0.2) is 0 Å². The van der Waals surface area contributed by atoms with E-state index in [0.29, 0.717) is 5.92 Å². The molecule has 0 aliphatic rings. The minimum Gasteiger partial charge on any atom is -0.0622 e. The molecule has 0 aliphatic heterocycles. The highest BCUT2D eigenvalue weighted by molar-refractivity contribution is 6.50. The van der Waals surface area contributed by atoms with Crippen molar-refractivity contribution in [3.8, 4) is 100 Å². The van der Waals surface area contributed by atoms with Gasteiger partial charge >= 0.3 is 0 Å². The molecule has 0 saturated carbocycles. The molecule has 0 saturated heterocycles. The van der Waals surface area contributed by atoms with Gasteiger partial charge in [0.1, 0.15) is 0 Å². The average Bonchev–Trinajstić information content (AvgIpc) is 1.53. The van der Waals surface area contributed by atoms with E-state index in [0.717, 1.165) is 0 Å². The minimum atomic E-state index is 0.428. The highest BCUT2D eigenvalue weighted by Crippen LogP contribution is 2.61. The third-order valence-electron chi connectivity index (χ3n) is 33.0. The summed E-state index contributed by atoms with van der Waals surface area (Å²) in [7, 11) is 0. The van der Waals surface area contributed by atoms with Crippen molar-refractivity contribution in [3.63, 3.8) is 0 Å². The summed E-state index contributed by atoms with van der Waals surface area (Å²) in [5.74, 6) is 0.428. The fourth-order valence-corrected chi connectivity index (χ4v) is 27.3. The van der Waals surface area contributed by atoms with Crippen LogP contribution < -0.4 is 0 Å². The summed E-state index contributed by atoms with van der Waals surface area (Å²) in [5.41, 5.74) is 24.5. The number of hydrogen-bond donors (Lipinski definition) is 0. The molecule has 0 amide bonds. The maximum atomic E-state index is 2.52. The van der Waals surface area contributed by atoms with Gasteiger partial charge < -0.3 is 0 Å². The quantitative estimate of drug-likeness (QED) is 0.120. The maximum absolute atomic E-state index is 2.52. The molecule has 0 atom stereocenters. The van der Waals surface area contributed by atoms with Gasteiger partial charge in [-0.1, -0.05) is 499 Å². The van der Waals surface area contributed by atoms with Crippen molar-refractivity contribution in [3.05, 3.63) is 509 Å². The van der Waals surface area contributed by atoms with Crippen molar-refractivity contribution in [1.82, 2.24) is 0 Å². The first-order valence-electron chi connectivity index (χ1n) is 51.7. The average molecular weight is 1860 g/mol. The van der Waals surface area contributed by atoms with Crippen LogP contribution in [-0.2, 0) is 0 Å². The van der Waals surface area contributed by atoms with Crippen molar-refractivity contribution in [2.45, 2.75) is 19.8 Å². The second-order valence-electron chi connectivity index (χ2n) is 40.7. The van der Waals surface area contributed by atoms with Gasteiger partial charge in [-0.25, -0.2) is 0 Å². The molecule has 0 aromatic heterocycles. The zero-order valence-electron chi connectivity index (χ0n) is 81.0. The van der Waals surface area contributed by atoms with Gasteiger partial charge in [0.25, 0.3) is 0 Å². The summed E-state index contributed by atoms with van der Waals surface area (Å²) in [5, 5.41) is 55.9. The molecule has 0 aliphatic carbocycles. The lowest BCUT2D eigenvalue weighted by atomic mass is 9.84. The molecule has 0 bridgehead atoms. The number of fused-ring (bicyclic) bond motifs is 24. The van der Waals surface area contributed by atoms with Crippen LogP contribution in [0.15, 0.2) is 504 Å². The van der Waals surface area contributed by atoms with Crippen LogP contribution >= 0.6 is 0 Å². The molecule has 33 aromatic rings. The van der Waals surface area contributed by atoms with Crippen LogP contribution in [0.5, 0.6) is 0 Å². The van der Waals surface area contributed by atoms with Crippen LogP contribution in [0.3, 0.4) is 0 Å². The molecule has 0 radical (unpaired) electrons. The van der Waals surface area contributed by atoms with E-state index in [1.165, 1.54) is 332 Å². The second kappa shape index (κ2) is 32.4. The Labute approximate surface area is 848 Å². The van der Waals surface area contributed by atoms with Crippen molar-refractivity contribution >= 4 is 226 Å². The Morgan fingerprint density at radius 2 is 0.293 bits per heavy atom. The lowest BCUT2D eigenvalue weighted by Gasteiger charge is -2.19. The molecule has 0 heteroatoms. The summed E-state index contributed by atoms with van der Waals surface area (Å²) in [6, 6.07) is 188. The van der Waals surface area contributed by atoms with Crippen molar-refractivity contribution in [1.29, 1.82) is 0 Å². The van der Waals surface area contributed by atoms with Crippen molar-refractivity contribution in [2.75, 3.05) is 0 Å². The largest absolute Gasteiger partial charge is 0.0622 e. The molecule has 678 valence electrons. The summed E-state index contributed by atoms with van der Waals surface area (Å²) in [6.07, 6.45) is 0. The Morgan fingerprint density at radius 1 is 0.102 bits per heavy atom. The van der Waals surface area contributed by atoms with E-state index in [9.17, 15) is 0 Å². The zero-order chi connectivity index (χ0) is 96.5. The van der Waals surface area contributed by atoms with Crippen molar-refractivity contribution < 1.29 is 0 Å². The maximum Gasteiger partial charge on any atom is -0.000719 e. The van der Waals surface area contributed by atoms with Gasteiger partial charge in [-0.3, -0.25) is 0 Å². The molecule has 0 nitrogen and oxygen atoms in total. The zero-order valence-corrected chi connectivity index (χ0v) is 81.0. The van der Waals surface area contributed by atoms with Gasteiger partial charge in [0.2, 0.25) is 0 Å². The molecule has 33 aromatic carbocycles. The monoisotopic (exact) mass is 1850 g/mol. The molecular formula is C147H90. The van der Waals surface area contributed by atoms with E-state index in [1.807, 2.05) is 0 Å². The van der Waals surface area contributed by atoms with E-state index in [4.69, 9.17) is 0 Å². The molecule has 147 heavy (non-hydrogen) atoms. The highest BCUT2D eigenvalue weighted by Gasteiger charge is 2.33. The standard InChI is InChI=1S/C51H34.2C48H28/c1-30(2)33-19-9-10-20-34(33)37-27-28-42-47-39(37)24-14-26-41(47)51-46(32-17-7-4-8-18-32)49-40-25-13-23-38-35-21-11-12-22-36(35)43(48(38)40)29-44(49)45(50(42)51)31-15-5-3-6-16-31;1-4-14-29(15-5-1)32-26-27-39-44-35(32)22-12-25-38(44)48-43(31-18-8-3-9-19-31)46-37-24-13-23-36-33-20-10-11-21-34(33)40(45(36)37)28-41(46)42(47(39)48)30-16-6-2-7-17-30;1-4-14-29(15-5-1)32-26-27-39-44-35(32)22-12-25-38(44)47-42(30-16-6-2-7-17-30)41-28-40-34-21-11-10-20-33(34)36-23-13-24-37(45(36)40)46(41)43(48(39)47)31-18-8-3-9-19-31/h3-30H,1-2H3;2*1-28H. The van der Waals surface area contributed by atoms with E-state index >= 15 is 0 Å². The SMILES string of the molecule is CC(C)c1ccccc1-c1ccc2c3c(-c4ccccc4)c4cc5c6ccccc6c6cccc(c4c(-c4ccccc4)c3c3cccc1c23)c65.c1ccc(-c2ccc3c4c(-c5ccccc5)c5c(cc6c7ccccc7c7cccc5c76)c(-c5ccccc5)c4c4cccc2c43)cc1.c1ccc(-c2ccc3c4c(-c5ccccc5)c5cc6c7ccccc7c7cccc(c5c(-c5ccccc5)c4c4cccc2c34)c76)cc1. The van der Waals surface area contributed by atoms with Crippen LogP contribution in [0.1, 0.15) is 25.3 Å². The third-order valence-corrected chi connectivity index (χ3v) is 33.0. The van der Waals surface area contributed by atoms with E-state index in [1.54, 1.807) is 0 Å². The van der Waals surface area contributed by atoms with Crippen molar-refractivity contribution in [2.24, 2.45) is 0 Å². The molecule has 0 unspecified atom stereocenters. The van der Waals surface area contributed by atoms with Gasteiger partial charge in [-0.2, -0.15) is 0 Å². The molecular weight excluding hydrogens is 1770 g/mol. The summed E-state index contributed by atoms with van der Waals surface area (Å²) >= 11 is 0. The van der Waals surface area contributed by atoms with Gasteiger partial charge in [0, 0.05) is 0 Å². The molecule has 0 heterocycles. The minimum absolute atomic E-state index is 0.428. The molecule has 0 fully saturated rings. The number of rotatable bonds is 10. The normalized spacial score (nSPS) is 12.2. The van der Waals surface area contributed by atoms with Gasteiger partial charge in [0.05, 0.1) is 0 Å². The number of hydrogen-bond acceptors (Lipinski definition) is 0. The fourth-order valence-electron chi connectivity index (χ4n) is 27.3. The van der Waals surface area contributed by atoms with Crippen LogP contribution in [0.2, 0.25) is 0 Å². The Balaban J connectivity index is 0.0000001000. The lowest BCUT2D eigenvalue weighted by Crippen LogP contribution is -1.92. The Kier molecular flexibility index (Phi) is 18.3. The van der Waals surface area contributed by atoms with E-state index in [2.05, 4.69) is 517 Å². The smallest absolute Gasteiger partial charge is 0.000719 e. The molecule has 0 spiro atoms. The van der Waals surface area contributed by atoms with E-state index < -0.39 is 0 Å². The first-order valence-corrected chi connectivity index (χ1v) is 51.7. The predicted octanol–water partition coefficient (Wildman–Crippen LogP) is 42.0. The molecule has 0 N–H and O–H groups in total. The highest BCUT2D eigenvalue weighted by atomic mass is 14.4. The van der Waals surface area contributed by atoms with Crippen LogP contribution in [0, 0.1) is 0 Å². The summed E-state index contributed by atoms with van der Waals surface area (Å²) in [6.45, 7) is 4.60. The predicted molar refractivity (Wildman–Crippen MR) is 637 cm³/mol. The van der Waals surface area contributed by atoms with Crippen LogP contribution in [0.25, 0.3) is 326 Å². The van der Waals surface area contributed by atoms with Gasteiger partial charge in [-0.05, 0) is 356 Å². The second-order valence-corrected chi connectivity index (χ2v) is 40.7.